The van der Waals surface area contributed by atoms with Crippen LogP contribution >= 0.6 is 11.3 Å². The molecule has 0 saturated heterocycles. The van der Waals surface area contributed by atoms with Crippen LogP contribution in [0.3, 0.4) is 0 Å². The second-order valence-corrected chi connectivity index (χ2v) is 8.90. The maximum absolute atomic E-state index is 6.06. The van der Waals surface area contributed by atoms with Crippen molar-refractivity contribution < 1.29 is 37.9 Å². The van der Waals surface area contributed by atoms with Crippen molar-refractivity contribution in [1.82, 2.24) is 0 Å². The van der Waals surface area contributed by atoms with Crippen molar-refractivity contribution in [2.24, 2.45) is 0 Å². The highest BCUT2D eigenvalue weighted by atomic mass is 32.1. The van der Waals surface area contributed by atoms with Crippen LogP contribution in [0.25, 0.3) is 20.9 Å². The molecule has 0 bridgehead atoms. The van der Waals surface area contributed by atoms with Gasteiger partial charge in [-0.25, -0.2) is 0 Å². The number of hydrogen-bond donors (Lipinski definition) is 0. The monoisotopic (exact) mass is 532 g/mol. The fourth-order valence-electron chi connectivity index (χ4n) is 3.99. The Morgan fingerprint density at radius 3 is 1.16 bits per heavy atom. The molecule has 0 aliphatic heterocycles. The Hall–Kier alpha value is -2.82. The van der Waals surface area contributed by atoms with E-state index in [4.69, 9.17) is 37.9 Å². The van der Waals surface area contributed by atoms with E-state index in [0.29, 0.717) is 62.6 Å². The molecule has 0 unspecified atom stereocenters. The zero-order valence-corrected chi connectivity index (χ0v) is 23.2. The van der Waals surface area contributed by atoms with Gasteiger partial charge in [0.1, 0.15) is 23.0 Å². The van der Waals surface area contributed by atoms with E-state index in [1.165, 1.54) is 0 Å². The minimum Gasteiger partial charge on any atom is -0.496 e. The quantitative estimate of drug-likeness (QED) is 0.226. The smallest absolute Gasteiger partial charge is 0.131 e. The summed E-state index contributed by atoms with van der Waals surface area (Å²) in [6, 6.07) is 11.5. The highest BCUT2D eigenvalue weighted by Gasteiger charge is 2.28. The van der Waals surface area contributed by atoms with Gasteiger partial charge in [-0.2, -0.15) is 0 Å². The van der Waals surface area contributed by atoms with Crippen LogP contribution in [0.15, 0.2) is 36.4 Å². The van der Waals surface area contributed by atoms with Crippen molar-refractivity contribution in [2.45, 2.75) is 13.2 Å². The van der Waals surface area contributed by atoms with Crippen LogP contribution in [0, 0.1) is 0 Å². The molecule has 0 saturated carbocycles. The second-order valence-electron chi connectivity index (χ2n) is 7.88. The number of ether oxygens (including phenoxy) is 8. The lowest BCUT2D eigenvalue weighted by Gasteiger charge is -2.15. The first-order chi connectivity index (χ1) is 18.1. The molecule has 1 aromatic heterocycles. The molecule has 1 heterocycles. The highest BCUT2D eigenvalue weighted by molar-refractivity contribution is 7.19. The lowest BCUT2D eigenvalue weighted by molar-refractivity contribution is 0.0539. The van der Waals surface area contributed by atoms with Crippen molar-refractivity contribution in [2.75, 3.05) is 69.1 Å². The Bertz CT molecular complexity index is 997. The van der Waals surface area contributed by atoms with Gasteiger partial charge in [0.05, 0.1) is 79.2 Å². The molecular formula is C28H36O8S. The van der Waals surface area contributed by atoms with Gasteiger partial charge in [0.15, 0.2) is 0 Å². The Balaban J connectivity index is 2.30. The van der Waals surface area contributed by atoms with Crippen molar-refractivity contribution in [3.8, 4) is 43.9 Å². The molecule has 0 N–H and O–H groups in total. The van der Waals surface area contributed by atoms with Crippen molar-refractivity contribution in [3.63, 3.8) is 0 Å². The van der Waals surface area contributed by atoms with E-state index < -0.39 is 0 Å². The van der Waals surface area contributed by atoms with Crippen LogP contribution in [-0.4, -0.2) is 69.1 Å². The molecule has 8 nitrogen and oxygen atoms in total. The zero-order chi connectivity index (χ0) is 26.6. The number of benzene rings is 2. The molecule has 0 aliphatic carbocycles. The molecule has 0 aliphatic rings. The van der Waals surface area contributed by atoms with Crippen molar-refractivity contribution in [3.05, 3.63) is 47.5 Å². The molecule has 3 aromatic rings. The van der Waals surface area contributed by atoms with Crippen LogP contribution in [0.2, 0.25) is 0 Å². The predicted octanol–water partition coefficient (Wildman–Crippen LogP) is 5.44. The average molecular weight is 533 g/mol. The molecule has 0 amide bonds. The van der Waals surface area contributed by atoms with E-state index >= 15 is 0 Å². The van der Waals surface area contributed by atoms with Crippen LogP contribution in [-0.2, 0) is 32.2 Å². The average Bonchev–Trinajstić information content (AvgIpc) is 3.29. The Morgan fingerprint density at radius 1 is 0.514 bits per heavy atom. The van der Waals surface area contributed by atoms with E-state index in [9.17, 15) is 0 Å². The lowest BCUT2D eigenvalue weighted by Crippen LogP contribution is -2.07. The van der Waals surface area contributed by atoms with Gasteiger partial charge < -0.3 is 37.9 Å². The SMILES string of the molecule is COCCOCc1c(-c2c(OC)cccc2OC)sc(-c2c(OC)cccc2OC)c1COCCOC. The molecule has 202 valence electrons. The van der Waals surface area contributed by atoms with Gasteiger partial charge in [0.25, 0.3) is 0 Å². The largest absolute Gasteiger partial charge is 0.496 e. The Kier molecular flexibility index (Phi) is 11.5. The molecular weight excluding hydrogens is 496 g/mol. The summed E-state index contributed by atoms with van der Waals surface area (Å²) in [5, 5.41) is 0. The molecule has 0 radical (unpaired) electrons. The molecule has 0 atom stereocenters. The van der Waals surface area contributed by atoms with E-state index in [0.717, 1.165) is 32.0 Å². The third-order valence-electron chi connectivity index (χ3n) is 5.78. The van der Waals surface area contributed by atoms with E-state index in [1.807, 2.05) is 36.4 Å². The minimum absolute atomic E-state index is 0.344. The summed E-state index contributed by atoms with van der Waals surface area (Å²) in [5.41, 5.74) is 3.65. The molecule has 3 rings (SSSR count). The van der Waals surface area contributed by atoms with Crippen molar-refractivity contribution >= 4 is 11.3 Å². The summed E-state index contributed by atoms with van der Waals surface area (Å²) < 4.78 is 45.6. The number of methoxy groups -OCH3 is 6. The molecule has 9 heteroatoms. The third kappa shape index (κ3) is 6.74. The summed E-state index contributed by atoms with van der Waals surface area (Å²) in [4.78, 5) is 1.92. The van der Waals surface area contributed by atoms with Crippen LogP contribution in [0.4, 0.5) is 0 Å². The zero-order valence-electron chi connectivity index (χ0n) is 22.4. The summed E-state index contributed by atoms with van der Waals surface area (Å²) in [6.07, 6.45) is 0. The van der Waals surface area contributed by atoms with Gasteiger partial charge in [-0.15, -0.1) is 11.3 Å². The van der Waals surface area contributed by atoms with Gasteiger partial charge in [-0.3, -0.25) is 0 Å². The Morgan fingerprint density at radius 2 is 0.865 bits per heavy atom. The molecule has 37 heavy (non-hydrogen) atoms. The van der Waals surface area contributed by atoms with E-state index in [2.05, 4.69) is 0 Å². The van der Waals surface area contributed by atoms with Crippen LogP contribution < -0.4 is 18.9 Å². The van der Waals surface area contributed by atoms with Gasteiger partial charge >= 0.3 is 0 Å². The fraction of sp³-hybridized carbons (Fsp3) is 0.429. The van der Waals surface area contributed by atoms with Crippen LogP contribution in [0.5, 0.6) is 23.0 Å². The summed E-state index contributed by atoms with van der Waals surface area (Å²) in [5.74, 6) is 2.79. The van der Waals surface area contributed by atoms with Gasteiger partial charge in [-0.1, -0.05) is 12.1 Å². The first-order valence-electron chi connectivity index (χ1n) is 11.9. The minimum atomic E-state index is 0.344. The first kappa shape index (κ1) is 28.7. The predicted molar refractivity (Wildman–Crippen MR) is 144 cm³/mol. The molecule has 0 fully saturated rings. The standard InChI is InChI=1S/C28H36O8S/c1-29-13-15-35-17-19-20(18-36-16-14-30-2)28(26-23(33-5)11-8-12-24(26)34-6)37-27(19)25-21(31-3)9-7-10-22(25)32-4/h7-12H,13-18H2,1-6H3. The summed E-state index contributed by atoms with van der Waals surface area (Å²) >= 11 is 1.60. The van der Waals surface area contributed by atoms with Crippen LogP contribution in [0.1, 0.15) is 11.1 Å². The van der Waals surface area contributed by atoms with Gasteiger partial charge in [-0.05, 0) is 24.3 Å². The topological polar surface area (TPSA) is 73.8 Å². The van der Waals surface area contributed by atoms with Crippen molar-refractivity contribution in [1.29, 1.82) is 0 Å². The lowest BCUT2D eigenvalue weighted by atomic mass is 10.00. The summed E-state index contributed by atoms with van der Waals surface area (Å²) in [7, 11) is 9.92. The van der Waals surface area contributed by atoms with Gasteiger partial charge in [0, 0.05) is 35.1 Å². The maximum atomic E-state index is 6.06. The molecule has 2 aromatic carbocycles. The maximum Gasteiger partial charge on any atom is 0.131 e. The fourth-order valence-corrected chi connectivity index (χ4v) is 5.41. The van der Waals surface area contributed by atoms with Gasteiger partial charge in [0.2, 0.25) is 0 Å². The number of thiophene rings is 1. The summed E-state index contributed by atoms with van der Waals surface area (Å²) in [6.45, 7) is 2.57. The highest BCUT2D eigenvalue weighted by Crippen LogP contribution is 2.52. The number of rotatable bonds is 16. The Labute approximate surface area is 222 Å². The third-order valence-corrected chi connectivity index (χ3v) is 7.09. The first-order valence-corrected chi connectivity index (χ1v) is 12.7. The van der Waals surface area contributed by atoms with E-state index in [-0.39, 0.29) is 0 Å². The normalized spacial score (nSPS) is 11.0. The second kappa shape index (κ2) is 14.8. The van der Waals surface area contributed by atoms with E-state index in [1.54, 1.807) is 54.0 Å². The number of hydrogen-bond acceptors (Lipinski definition) is 9. The molecule has 0 spiro atoms.